The molecule has 1 aromatic heterocycles. The molecular weight excluding hydrogens is 454 g/mol. The van der Waals surface area contributed by atoms with Crippen LogP contribution in [-0.2, 0) is 14.3 Å². The molecule has 6 nitrogen and oxygen atoms in total. The molecule has 0 aliphatic heterocycles. The first-order valence-electron chi connectivity index (χ1n) is 12.6. The summed E-state index contributed by atoms with van der Waals surface area (Å²) in [5.41, 5.74) is 2.83. The number of rotatable bonds is 8. The van der Waals surface area contributed by atoms with Crippen molar-refractivity contribution in [3.05, 3.63) is 78.1 Å². The Kier molecular flexibility index (Phi) is 7.21. The Bertz CT molecular complexity index is 1370. The molecule has 0 bridgehead atoms. The summed E-state index contributed by atoms with van der Waals surface area (Å²) in [4.78, 5) is 24.7. The fraction of sp³-hybridized carbons (Fsp3) is 0.333. The van der Waals surface area contributed by atoms with E-state index in [0.717, 1.165) is 45.7 Å². The van der Waals surface area contributed by atoms with Crippen LogP contribution >= 0.6 is 0 Å². The van der Waals surface area contributed by atoms with Crippen molar-refractivity contribution in [3.63, 3.8) is 0 Å². The van der Waals surface area contributed by atoms with Crippen LogP contribution in [0.15, 0.2) is 71.3 Å². The van der Waals surface area contributed by atoms with Crippen molar-refractivity contribution in [1.82, 2.24) is 5.32 Å². The fourth-order valence-electron chi connectivity index (χ4n) is 5.10. The largest absolute Gasteiger partial charge is 0.484 e. The van der Waals surface area contributed by atoms with E-state index in [0.29, 0.717) is 5.75 Å². The van der Waals surface area contributed by atoms with Gasteiger partial charge < -0.3 is 19.2 Å². The van der Waals surface area contributed by atoms with E-state index in [9.17, 15) is 9.59 Å². The lowest BCUT2D eigenvalue weighted by Gasteiger charge is -2.22. The van der Waals surface area contributed by atoms with Crippen LogP contribution in [0.25, 0.3) is 21.7 Å². The summed E-state index contributed by atoms with van der Waals surface area (Å²) in [6.07, 6.45) is 7.58. The number of hydrogen-bond acceptors (Lipinski definition) is 5. The van der Waals surface area contributed by atoms with Crippen LogP contribution < -0.4 is 10.1 Å². The molecule has 1 heterocycles. The highest BCUT2D eigenvalue weighted by atomic mass is 16.5. The van der Waals surface area contributed by atoms with Crippen molar-refractivity contribution in [1.29, 1.82) is 0 Å². The summed E-state index contributed by atoms with van der Waals surface area (Å²) in [6.45, 7) is -0.00260. The van der Waals surface area contributed by atoms with Gasteiger partial charge in [0.1, 0.15) is 11.3 Å². The molecule has 1 amide bonds. The Morgan fingerprint density at radius 1 is 0.917 bits per heavy atom. The third kappa shape index (κ3) is 5.54. The third-order valence-electron chi connectivity index (χ3n) is 7.06. The van der Waals surface area contributed by atoms with Gasteiger partial charge in [0, 0.05) is 17.3 Å². The van der Waals surface area contributed by atoms with Crippen molar-refractivity contribution >= 4 is 33.6 Å². The van der Waals surface area contributed by atoms with E-state index in [1.165, 1.54) is 26.4 Å². The normalized spacial score (nSPS) is 15.0. The molecule has 1 aliphatic carbocycles. The number of ether oxygens (including phenoxy) is 2. The molecule has 0 saturated heterocycles. The number of fused-ring (bicyclic) bond motifs is 2. The lowest BCUT2D eigenvalue weighted by Crippen LogP contribution is -2.38. The van der Waals surface area contributed by atoms with Gasteiger partial charge >= 0.3 is 5.97 Å². The number of carbonyl (C=O) groups excluding carboxylic acids is 2. The predicted octanol–water partition coefficient (Wildman–Crippen LogP) is 6.11. The van der Waals surface area contributed by atoms with Crippen molar-refractivity contribution in [2.24, 2.45) is 0 Å². The molecule has 4 aromatic rings. The Morgan fingerprint density at radius 3 is 2.47 bits per heavy atom. The van der Waals surface area contributed by atoms with Gasteiger partial charge in [-0.1, -0.05) is 49.6 Å². The molecule has 5 rings (SSSR count). The Hall–Kier alpha value is -3.80. The number of carbonyl (C=O) groups is 2. The highest BCUT2D eigenvalue weighted by Gasteiger charge is 2.20. The van der Waals surface area contributed by atoms with Gasteiger partial charge in [0.25, 0.3) is 5.91 Å². The van der Waals surface area contributed by atoms with E-state index >= 15 is 0 Å². The monoisotopic (exact) mass is 485 g/mol. The zero-order valence-electron chi connectivity index (χ0n) is 20.5. The second-order valence-electron chi connectivity index (χ2n) is 9.51. The average molecular weight is 486 g/mol. The Balaban J connectivity index is 1.36. The molecule has 0 radical (unpaired) electrons. The average Bonchev–Trinajstić information content (AvgIpc) is 3.38. The van der Waals surface area contributed by atoms with Gasteiger partial charge in [-0.3, -0.25) is 9.59 Å². The summed E-state index contributed by atoms with van der Waals surface area (Å²) in [7, 11) is 1.41. The standard InChI is InChI=1S/C30H31NO5/c1-34-30(33)18-27(22-10-12-28-23(15-22)13-14-35-28)21-8-7-20-9-11-26(17-24(20)16-21)36-19-29(32)31-25-5-3-2-4-6-25/h7-17,25,27H,2-6,18-19H2,1H3,(H,31,32). The highest BCUT2D eigenvalue weighted by Crippen LogP contribution is 2.33. The molecule has 1 unspecified atom stereocenters. The van der Waals surface area contributed by atoms with Gasteiger partial charge in [-0.25, -0.2) is 0 Å². The highest BCUT2D eigenvalue weighted by molar-refractivity contribution is 5.86. The minimum absolute atomic E-state index is 0.00260. The number of furan rings is 1. The summed E-state index contributed by atoms with van der Waals surface area (Å²) in [5.74, 6) is 0.117. The molecule has 0 spiro atoms. The number of methoxy groups -OCH3 is 1. The Morgan fingerprint density at radius 2 is 1.67 bits per heavy atom. The van der Waals surface area contributed by atoms with Gasteiger partial charge in [-0.2, -0.15) is 0 Å². The fourth-order valence-corrected chi connectivity index (χ4v) is 5.10. The van der Waals surface area contributed by atoms with Crippen LogP contribution in [0.4, 0.5) is 0 Å². The maximum absolute atomic E-state index is 12.4. The van der Waals surface area contributed by atoms with Crippen LogP contribution in [-0.4, -0.2) is 31.6 Å². The van der Waals surface area contributed by atoms with Crippen LogP contribution in [0, 0.1) is 0 Å². The topological polar surface area (TPSA) is 77.8 Å². The molecule has 1 fully saturated rings. The van der Waals surface area contributed by atoms with Gasteiger partial charge in [0.15, 0.2) is 6.61 Å². The molecule has 6 heteroatoms. The van der Waals surface area contributed by atoms with Gasteiger partial charge in [0.05, 0.1) is 19.8 Å². The molecular formula is C30H31NO5. The molecule has 1 atom stereocenters. The smallest absolute Gasteiger partial charge is 0.306 e. The van der Waals surface area contributed by atoms with Gasteiger partial charge in [-0.15, -0.1) is 0 Å². The number of nitrogens with one attached hydrogen (secondary N) is 1. The van der Waals surface area contributed by atoms with Gasteiger partial charge in [0.2, 0.25) is 0 Å². The van der Waals surface area contributed by atoms with E-state index in [1.807, 2.05) is 48.5 Å². The number of benzene rings is 3. The van der Waals surface area contributed by atoms with Crippen molar-refractivity contribution in [3.8, 4) is 5.75 Å². The lowest BCUT2D eigenvalue weighted by molar-refractivity contribution is -0.140. The molecule has 186 valence electrons. The summed E-state index contributed by atoms with van der Waals surface area (Å²) < 4.78 is 16.3. The van der Waals surface area contributed by atoms with E-state index < -0.39 is 0 Å². The molecule has 3 aromatic carbocycles. The van der Waals surface area contributed by atoms with E-state index in [4.69, 9.17) is 13.9 Å². The number of esters is 1. The number of hydrogen-bond donors (Lipinski definition) is 1. The third-order valence-corrected chi connectivity index (χ3v) is 7.06. The quantitative estimate of drug-likeness (QED) is 0.305. The summed E-state index contributed by atoms with van der Waals surface area (Å²) in [6, 6.07) is 20.2. The van der Waals surface area contributed by atoms with Crippen molar-refractivity contribution in [2.75, 3.05) is 13.7 Å². The van der Waals surface area contributed by atoms with Gasteiger partial charge in [-0.05, 0) is 65.1 Å². The first-order chi connectivity index (χ1) is 17.6. The summed E-state index contributed by atoms with van der Waals surface area (Å²) in [5, 5.41) is 6.12. The molecule has 1 aliphatic rings. The maximum Gasteiger partial charge on any atom is 0.306 e. The minimum Gasteiger partial charge on any atom is -0.484 e. The van der Waals surface area contributed by atoms with Crippen LogP contribution in [0.1, 0.15) is 55.6 Å². The molecule has 1 saturated carbocycles. The molecule has 36 heavy (non-hydrogen) atoms. The van der Waals surface area contributed by atoms with Crippen molar-refractivity contribution < 1.29 is 23.5 Å². The van der Waals surface area contributed by atoms with Crippen LogP contribution in [0.3, 0.4) is 0 Å². The number of amides is 1. The molecule has 1 N–H and O–H groups in total. The summed E-state index contributed by atoms with van der Waals surface area (Å²) >= 11 is 0. The predicted molar refractivity (Wildman–Crippen MR) is 139 cm³/mol. The SMILES string of the molecule is COC(=O)CC(c1ccc2ccc(OCC(=O)NC3CCCCC3)cc2c1)c1ccc2occc2c1. The lowest BCUT2D eigenvalue weighted by atomic mass is 9.87. The van der Waals surface area contributed by atoms with Crippen LogP contribution in [0.5, 0.6) is 5.75 Å². The maximum atomic E-state index is 12.4. The zero-order chi connectivity index (χ0) is 24.9. The van der Waals surface area contributed by atoms with Crippen LogP contribution in [0.2, 0.25) is 0 Å². The second kappa shape index (κ2) is 10.9. The first kappa shape index (κ1) is 23.9. The first-order valence-corrected chi connectivity index (χ1v) is 12.6. The Labute approximate surface area is 210 Å². The zero-order valence-corrected chi connectivity index (χ0v) is 20.5. The van der Waals surface area contributed by atoms with E-state index in [2.05, 4.69) is 17.4 Å². The second-order valence-corrected chi connectivity index (χ2v) is 9.51. The van der Waals surface area contributed by atoms with E-state index in [1.54, 1.807) is 6.26 Å². The minimum atomic E-state index is -0.270. The van der Waals surface area contributed by atoms with E-state index in [-0.39, 0.29) is 36.9 Å². The van der Waals surface area contributed by atoms with Crippen molar-refractivity contribution in [2.45, 2.75) is 50.5 Å².